The molecule has 0 bridgehead atoms. The molecule has 25 heavy (non-hydrogen) atoms. The summed E-state index contributed by atoms with van der Waals surface area (Å²) < 4.78 is 0. The average Bonchev–Trinajstić information content (AvgIpc) is 3.45. The molecule has 3 unspecified atom stereocenters. The molecule has 0 saturated heterocycles. The average molecular weight is 334 g/mol. The Kier molecular flexibility index (Phi) is 4.03. The fourth-order valence-corrected chi connectivity index (χ4v) is 4.67. The van der Waals surface area contributed by atoms with Crippen LogP contribution in [0.25, 0.3) is 0 Å². The van der Waals surface area contributed by atoms with Crippen LogP contribution in [0.5, 0.6) is 0 Å². The monoisotopic (exact) mass is 334 g/mol. The van der Waals surface area contributed by atoms with Crippen LogP contribution >= 0.6 is 0 Å². The fourth-order valence-electron chi connectivity index (χ4n) is 4.67. The van der Waals surface area contributed by atoms with Crippen LogP contribution < -0.4 is 9.80 Å². The zero-order valence-electron chi connectivity index (χ0n) is 15.2. The van der Waals surface area contributed by atoms with Crippen LogP contribution in [0.1, 0.15) is 38.3 Å². The summed E-state index contributed by atoms with van der Waals surface area (Å²) in [5.41, 5.74) is 3.58. The van der Waals surface area contributed by atoms with Crippen LogP contribution in [0.15, 0.2) is 54.6 Å². The number of para-hydroxylation sites is 2. The molecule has 2 aliphatic rings. The van der Waals surface area contributed by atoms with Crippen LogP contribution in [-0.4, -0.2) is 19.0 Å². The summed E-state index contributed by atoms with van der Waals surface area (Å²) in [6, 6.07) is 19.6. The lowest BCUT2D eigenvalue weighted by atomic mass is 9.79. The summed E-state index contributed by atoms with van der Waals surface area (Å²) in [5, 5.41) is 0. The molecular formula is C22H26N2O. The first-order valence-electron chi connectivity index (χ1n) is 9.26. The predicted octanol–water partition coefficient (Wildman–Crippen LogP) is 4.65. The highest BCUT2D eigenvalue weighted by Gasteiger charge is 2.48. The SMILES string of the molecule is CC(=O)N1c2ccccc2C(N(C)c2ccccc2)C(C)C1C1CC1. The van der Waals surface area contributed by atoms with Gasteiger partial charge in [-0.25, -0.2) is 0 Å². The van der Waals surface area contributed by atoms with Crippen LogP contribution in [0.3, 0.4) is 0 Å². The molecule has 1 fully saturated rings. The quantitative estimate of drug-likeness (QED) is 0.816. The molecule has 0 spiro atoms. The smallest absolute Gasteiger partial charge is 0.224 e. The highest BCUT2D eigenvalue weighted by atomic mass is 16.2. The third kappa shape index (κ3) is 2.72. The van der Waals surface area contributed by atoms with E-state index in [4.69, 9.17) is 0 Å². The van der Waals surface area contributed by atoms with Crippen molar-refractivity contribution >= 4 is 17.3 Å². The third-order valence-electron chi connectivity index (χ3n) is 5.87. The molecule has 3 atom stereocenters. The van der Waals surface area contributed by atoms with E-state index in [-0.39, 0.29) is 11.9 Å². The van der Waals surface area contributed by atoms with E-state index in [0.717, 1.165) is 5.69 Å². The summed E-state index contributed by atoms with van der Waals surface area (Å²) in [6.45, 7) is 4.03. The largest absolute Gasteiger partial charge is 0.367 e. The molecule has 2 aromatic carbocycles. The van der Waals surface area contributed by atoms with Gasteiger partial charge < -0.3 is 9.80 Å². The maximum Gasteiger partial charge on any atom is 0.224 e. The van der Waals surface area contributed by atoms with Gasteiger partial charge in [0.25, 0.3) is 0 Å². The molecule has 1 amide bonds. The van der Waals surface area contributed by atoms with Crippen molar-refractivity contribution in [3.05, 3.63) is 60.2 Å². The lowest BCUT2D eigenvalue weighted by Gasteiger charge is -2.48. The number of anilines is 2. The Labute approximate surface area is 150 Å². The molecule has 1 saturated carbocycles. The standard InChI is InChI=1S/C22H26N2O/c1-15-21(17-13-14-17)24(16(2)25)20-12-8-7-11-19(20)22(15)23(3)18-9-5-4-6-10-18/h4-12,15,17,21-22H,13-14H2,1-3H3. The third-order valence-corrected chi connectivity index (χ3v) is 5.87. The molecule has 2 aromatic rings. The van der Waals surface area contributed by atoms with Gasteiger partial charge >= 0.3 is 0 Å². The van der Waals surface area contributed by atoms with Crippen molar-refractivity contribution < 1.29 is 4.79 Å². The maximum atomic E-state index is 12.5. The molecule has 3 heteroatoms. The van der Waals surface area contributed by atoms with E-state index in [1.165, 1.54) is 24.1 Å². The number of fused-ring (bicyclic) bond motifs is 1. The van der Waals surface area contributed by atoms with Crippen LogP contribution in [-0.2, 0) is 4.79 Å². The number of carbonyl (C=O) groups excluding carboxylic acids is 1. The molecule has 1 aliphatic carbocycles. The first kappa shape index (κ1) is 16.2. The molecule has 130 valence electrons. The number of benzene rings is 2. The lowest BCUT2D eigenvalue weighted by molar-refractivity contribution is -0.117. The Bertz CT molecular complexity index is 769. The van der Waals surface area contributed by atoms with E-state index < -0.39 is 0 Å². The van der Waals surface area contributed by atoms with Crippen molar-refractivity contribution in [2.24, 2.45) is 11.8 Å². The number of rotatable bonds is 3. The van der Waals surface area contributed by atoms with E-state index in [2.05, 4.69) is 72.3 Å². The number of hydrogen-bond acceptors (Lipinski definition) is 2. The Hall–Kier alpha value is -2.29. The number of nitrogens with zero attached hydrogens (tertiary/aromatic N) is 2. The molecule has 0 radical (unpaired) electrons. The summed E-state index contributed by atoms with van der Waals surface area (Å²) >= 11 is 0. The maximum absolute atomic E-state index is 12.5. The van der Waals surface area contributed by atoms with Gasteiger partial charge in [0, 0.05) is 37.3 Å². The van der Waals surface area contributed by atoms with Crippen molar-refractivity contribution in [2.75, 3.05) is 16.8 Å². The summed E-state index contributed by atoms with van der Waals surface area (Å²) in [6.07, 6.45) is 2.48. The molecule has 1 aliphatic heterocycles. The Morgan fingerprint density at radius 1 is 1.04 bits per heavy atom. The second-order valence-electron chi connectivity index (χ2n) is 7.53. The Balaban J connectivity index is 1.83. The molecule has 4 rings (SSSR count). The minimum atomic E-state index is 0.164. The van der Waals surface area contributed by atoms with Crippen molar-refractivity contribution in [1.29, 1.82) is 0 Å². The lowest BCUT2D eigenvalue weighted by Crippen LogP contribution is -2.52. The van der Waals surface area contributed by atoms with Gasteiger partial charge in [-0.1, -0.05) is 43.3 Å². The van der Waals surface area contributed by atoms with Crippen molar-refractivity contribution in [1.82, 2.24) is 0 Å². The Morgan fingerprint density at radius 3 is 2.32 bits per heavy atom. The van der Waals surface area contributed by atoms with Gasteiger partial charge in [-0.2, -0.15) is 0 Å². The Morgan fingerprint density at radius 2 is 1.68 bits per heavy atom. The van der Waals surface area contributed by atoms with Crippen molar-refractivity contribution in [3.63, 3.8) is 0 Å². The minimum absolute atomic E-state index is 0.164. The molecule has 0 N–H and O–H groups in total. The first-order valence-corrected chi connectivity index (χ1v) is 9.26. The minimum Gasteiger partial charge on any atom is -0.367 e. The highest BCUT2D eigenvalue weighted by Crippen LogP contribution is 2.51. The second-order valence-corrected chi connectivity index (χ2v) is 7.53. The van der Waals surface area contributed by atoms with Crippen molar-refractivity contribution in [3.8, 4) is 0 Å². The van der Waals surface area contributed by atoms with E-state index >= 15 is 0 Å². The van der Waals surface area contributed by atoms with Crippen molar-refractivity contribution in [2.45, 2.75) is 38.8 Å². The van der Waals surface area contributed by atoms with Crippen LogP contribution in [0.2, 0.25) is 0 Å². The molecule has 1 heterocycles. The number of hydrogen-bond donors (Lipinski definition) is 0. The van der Waals surface area contributed by atoms with Crippen LogP contribution in [0.4, 0.5) is 11.4 Å². The first-order chi connectivity index (χ1) is 12.1. The molecular weight excluding hydrogens is 308 g/mol. The molecule has 0 aromatic heterocycles. The number of amides is 1. The normalized spacial score (nSPS) is 25.4. The summed E-state index contributed by atoms with van der Waals surface area (Å²) in [5.74, 6) is 1.19. The van der Waals surface area contributed by atoms with Gasteiger partial charge in [-0.3, -0.25) is 4.79 Å². The van der Waals surface area contributed by atoms with Gasteiger partial charge in [-0.15, -0.1) is 0 Å². The van der Waals surface area contributed by atoms with E-state index in [1.54, 1.807) is 6.92 Å². The highest BCUT2D eigenvalue weighted by molar-refractivity contribution is 5.94. The fraction of sp³-hybridized carbons (Fsp3) is 0.409. The van der Waals surface area contributed by atoms with Gasteiger partial charge in [0.15, 0.2) is 0 Å². The summed E-state index contributed by atoms with van der Waals surface area (Å²) in [4.78, 5) is 17.0. The number of carbonyl (C=O) groups is 1. The van der Waals surface area contributed by atoms with E-state index in [0.29, 0.717) is 17.9 Å². The zero-order valence-corrected chi connectivity index (χ0v) is 15.2. The predicted molar refractivity (Wildman–Crippen MR) is 103 cm³/mol. The van der Waals surface area contributed by atoms with Crippen LogP contribution in [0, 0.1) is 11.8 Å². The van der Waals surface area contributed by atoms with Gasteiger partial charge in [0.05, 0.1) is 6.04 Å². The molecule has 3 nitrogen and oxygen atoms in total. The van der Waals surface area contributed by atoms with Gasteiger partial charge in [0.2, 0.25) is 5.91 Å². The van der Waals surface area contributed by atoms with Gasteiger partial charge in [0.1, 0.15) is 0 Å². The summed E-state index contributed by atoms with van der Waals surface area (Å²) in [7, 11) is 2.18. The van der Waals surface area contributed by atoms with Gasteiger partial charge in [-0.05, 0) is 42.5 Å². The van der Waals surface area contributed by atoms with E-state index in [9.17, 15) is 4.79 Å². The van der Waals surface area contributed by atoms with E-state index in [1.807, 2.05) is 6.07 Å². The topological polar surface area (TPSA) is 23.6 Å². The second kappa shape index (κ2) is 6.21. The zero-order chi connectivity index (χ0) is 17.6.